The van der Waals surface area contributed by atoms with E-state index in [0.717, 1.165) is 24.6 Å². The Kier molecular flexibility index (Phi) is 4.75. The molecule has 19 heavy (non-hydrogen) atoms. The zero-order chi connectivity index (χ0) is 13.8. The molecule has 1 N–H and O–H groups in total. The van der Waals surface area contributed by atoms with E-state index in [1.807, 2.05) is 12.4 Å². The summed E-state index contributed by atoms with van der Waals surface area (Å²) in [7, 11) is 0. The van der Waals surface area contributed by atoms with Crippen molar-refractivity contribution in [2.75, 3.05) is 11.4 Å². The van der Waals surface area contributed by atoms with E-state index in [1.54, 1.807) is 0 Å². The summed E-state index contributed by atoms with van der Waals surface area (Å²) in [6.07, 6.45) is 6.47. The highest BCUT2D eigenvalue weighted by Gasteiger charge is 2.31. The fraction of sp³-hybridized carbons (Fsp3) is 0.733. The minimum Gasteiger partial charge on any atom is -0.338 e. The summed E-state index contributed by atoms with van der Waals surface area (Å²) in [6, 6.07) is 1.16. The summed E-state index contributed by atoms with van der Waals surface area (Å²) in [6.45, 7) is 10.7. The molecule has 0 unspecified atom stereocenters. The quantitative estimate of drug-likeness (QED) is 0.820. The molecular formula is C15H26N4. The lowest BCUT2D eigenvalue weighted by atomic mass is 10.2. The molecule has 0 atom stereocenters. The van der Waals surface area contributed by atoms with Crippen LogP contribution in [-0.4, -0.2) is 28.6 Å². The molecular weight excluding hydrogens is 236 g/mol. The van der Waals surface area contributed by atoms with Crippen molar-refractivity contribution >= 4 is 5.95 Å². The van der Waals surface area contributed by atoms with Gasteiger partial charge in [-0.15, -0.1) is 0 Å². The van der Waals surface area contributed by atoms with Gasteiger partial charge in [0.1, 0.15) is 0 Å². The van der Waals surface area contributed by atoms with Crippen LogP contribution < -0.4 is 10.2 Å². The van der Waals surface area contributed by atoms with E-state index in [4.69, 9.17) is 0 Å². The molecule has 1 saturated carbocycles. The predicted molar refractivity (Wildman–Crippen MR) is 79.2 cm³/mol. The number of anilines is 1. The van der Waals surface area contributed by atoms with Crippen molar-refractivity contribution in [2.45, 2.75) is 59.2 Å². The Labute approximate surface area is 116 Å². The molecule has 4 nitrogen and oxygen atoms in total. The van der Waals surface area contributed by atoms with Crippen LogP contribution in [0.1, 0.15) is 46.1 Å². The van der Waals surface area contributed by atoms with Crippen LogP contribution in [0.15, 0.2) is 12.4 Å². The van der Waals surface area contributed by atoms with E-state index in [0.29, 0.717) is 18.0 Å². The second-order valence-electron chi connectivity index (χ2n) is 6.20. The third-order valence-electron chi connectivity index (χ3n) is 3.21. The van der Waals surface area contributed by atoms with Gasteiger partial charge < -0.3 is 10.2 Å². The minimum atomic E-state index is 0.489. The highest BCUT2D eigenvalue weighted by atomic mass is 15.3. The predicted octanol–water partition coefficient (Wildman–Crippen LogP) is 2.60. The lowest BCUT2D eigenvalue weighted by Gasteiger charge is -2.24. The summed E-state index contributed by atoms with van der Waals surface area (Å²) in [5, 5.41) is 3.38. The Hall–Kier alpha value is -1.16. The molecule has 0 aliphatic heterocycles. The monoisotopic (exact) mass is 262 g/mol. The lowest BCUT2D eigenvalue weighted by Crippen LogP contribution is -2.31. The molecule has 2 rings (SSSR count). The smallest absolute Gasteiger partial charge is 0.225 e. The number of rotatable bonds is 7. The van der Waals surface area contributed by atoms with Gasteiger partial charge in [-0.05, 0) is 18.8 Å². The van der Waals surface area contributed by atoms with E-state index in [9.17, 15) is 0 Å². The first-order chi connectivity index (χ1) is 9.06. The average Bonchev–Trinajstić information content (AvgIpc) is 3.18. The van der Waals surface area contributed by atoms with Crippen molar-refractivity contribution in [3.63, 3.8) is 0 Å². The largest absolute Gasteiger partial charge is 0.338 e. The Morgan fingerprint density at radius 2 is 1.84 bits per heavy atom. The van der Waals surface area contributed by atoms with Crippen molar-refractivity contribution < 1.29 is 0 Å². The van der Waals surface area contributed by atoms with Crippen molar-refractivity contribution in [3.05, 3.63) is 18.0 Å². The Morgan fingerprint density at radius 3 is 2.32 bits per heavy atom. The highest BCUT2D eigenvalue weighted by molar-refractivity contribution is 5.34. The zero-order valence-corrected chi connectivity index (χ0v) is 12.6. The van der Waals surface area contributed by atoms with Crippen LogP contribution in [0, 0.1) is 5.92 Å². The van der Waals surface area contributed by atoms with Gasteiger partial charge in [0, 0.05) is 43.1 Å². The number of hydrogen-bond donors (Lipinski definition) is 1. The molecule has 1 aromatic heterocycles. The van der Waals surface area contributed by atoms with Crippen molar-refractivity contribution in [2.24, 2.45) is 5.92 Å². The van der Waals surface area contributed by atoms with Gasteiger partial charge in [0.25, 0.3) is 0 Å². The van der Waals surface area contributed by atoms with Crippen LogP contribution in [0.4, 0.5) is 5.95 Å². The molecule has 0 aromatic carbocycles. The van der Waals surface area contributed by atoms with E-state index >= 15 is 0 Å². The van der Waals surface area contributed by atoms with Crippen LogP contribution in [0.25, 0.3) is 0 Å². The number of nitrogens with one attached hydrogen (secondary N) is 1. The molecule has 1 heterocycles. The molecule has 1 aliphatic rings. The summed E-state index contributed by atoms with van der Waals surface area (Å²) in [5.41, 5.74) is 1.15. The van der Waals surface area contributed by atoms with Crippen LogP contribution in [0.2, 0.25) is 0 Å². The van der Waals surface area contributed by atoms with Crippen molar-refractivity contribution in [1.82, 2.24) is 15.3 Å². The fourth-order valence-corrected chi connectivity index (χ4v) is 2.08. The molecule has 106 valence electrons. The van der Waals surface area contributed by atoms with Gasteiger partial charge in [-0.1, -0.05) is 27.7 Å². The summed E-state index contributed by atoms with van der Waals surface area (Å²) in [5.74, 6) is 1.54. The van der Waals surface area contributed by atoms with Crippen LogP contribution in [0.3, 0.4) is 0 Å². The van der Waals surface area contributed by atoms with Gasteiger partial charge in [-0.2, -0.15) is 0 Å². The molecule has 4 heteroatoms. The van der Waals surface area contributed by atoms with E-state index < -0.39 is 0 Å². The summed E-state index contributed by atoms with van der Waals surface area (Å²) in [4.78, 5) is 11.5. The fourth-order valence-electron chi connectivity index (χ4n) is 2.08. The van der Waals surface area contributed by atoms with Gasteiger partial charge in [0.2, 0.25) is 5.95 Å². The van der Waals surface area contributed by atoms with Crippen molar-refractivity contribution in [1.29, 1.82) is 0 Å². The molecule has 0 spiro atoms. The topological polar surface area (TPSA) is 41.1 Å². The first kappa shape index (κ1) is 14.3. The van der Waals surface area contributed by atoms with E-state index in [-0.39, 0.29) is 0 Å². The minimum absolute atomic E-state index is 0.489. The lowest BCUT2D eigenvalue weighted by molar-refractivity contribution is 0.582. The Balaban J connectivity index is 1.99. The molecule has 0 amide bonds. The SMILES string of the molecule is CC(C)CN(c1ncc(CNC(C)C)cn1)C1CC1. The number of nitrogens with zero attached hydrogens (tertiary/aromatic N) is 3. The first-order valence-electron chi connectivity index (χ1n) is 7.37. The highest BCUT2D eigenvalue weighted by Crippen LogP contribution is 2.30. The van der Waals surface area contributed by atoms with Gasteiger partial charge in [-0.3, -0.25) is 0 Å². The molecule has 1 aromatic rings. The maximum atomic E-state index is 4.55. The van der Waals surface area contributed by atoms with E-state index in [2.05, 4.69) is 47.9 Å². The Bertz CT molecular complexity index is 382. The van der Waals surface area contributed by atoms with Crippen LogP contribution in [0.5, 0.6) is 0 Å². The third-order valence-corrected chi connectivity index (χ3v) is 3.21. The Morgan fingerprint density at radius 1 is 1.21 bits per heavy atom. The summed E-state index contributed by atoms with van der Waals surface area (Å²) < 4.78 is 0. The number of aromatic nitrogens is 2. The van der Waals surface area contributed by atoms with Crippen molar-refractivity contribution in [3.8, 4) is 0 Å². The zero-order valence-electron chi connectivity index (χ0n) is 12.6. The second kappa shape index (κ2) is 6.33. The maximum Gasteiger partial charge on any atom is 0.225 e. The molecule has 1 fully saturated rings. The molecule has 0 saturated heterocycles. The standard InChI is InChI=1S/C15H26N4/c1-11(2)10-19(14-5-6-14)15-17-8-13(9-18-15)7-16-12(3)4/h8-9,11-12,14,16H,5-7,10H2,1-4H3. The van der Waals surface area contributed by atoms with E-state index in [1.165, 1.54) is 12.8 Å². The van der Waals surface area contributed by atoms with Gasteiger partial charge >= 0.3 is 0 Å². The molecule has 1 aliphatic carbocycles. The van der Waals surface area contributed by atoms with Gasteiger partial charge in [0.15, 0.2) is 0 Å². The van der Waals surface area contributed by atoms with Gasteiger partial charge in [-0.25, -0.2) is 9.97 Å². The molecule has 0 radical (unpaired) electrons. The van der Waals surface area contributed by atoms with Crippen LogP contribution >= 0.6 is 0 Å². The third kappa shape index (κ3) is 4.46. The van der Waals surface area contributed by atoms with Crippen LogP contribution in [-0.2, 0) is 6.54 Å². The number of hydrogen-bond acceptors (Lipinski definition) is 4. The summed E-state index contributed by atoms with van der Waals surface area (Å²) >= 11 is 0. The van der Waals surface area contributed by atoms with Gasteiger partial charge in [0.05, 0.1) is 0 Å². The molecule has 0 bridgehead atoms. The maximum absolute atomic E-state index is 4.55. The normalized spacial score (nSPS) is 15.3. The first-order valence-corrected chi connectivity index (χ1v) is 7.37. The second-order valence-corrected chi connectivity index (χ2v) is 6.20. The average molecular weight is 262 g/mol.